The topological polar surface area (TPSA) is 120 Å². The van der Waals surface area contributed by atoms with Gasteiger partial charge in [0.15, 0.2) is 6.29 Å². The number of ether oxygens (including phenoxy) is 2. The number of hydrogen-bond acceptors (Lipinski definition) is 7. The summed E-state index contributed by atoms with van der Waals surface area (Å²) in [4.78, 5) is 0. The van der Waals surface area contributed by atoms with Crippen molar-refractivity contribution in [3.05, 3.63) is 29.8 Å². The number of aliphatic hydroxyl groups excluding tert-OH is 4. The third-order valence-corrected chi connectivity index (χ3v) is 3.09. The molecule has 1 saturated heterocycles. The maximum Gasteiger partial charge on any atom is 0.186 e. The summed E-state index contributed by atoms with van der Waals surface area (Å²) < 4.78 is 41.8. The third-order valence-electron chi connectivity index (χ3n) is 3.09. The zero-order chi connectivity index (χ0) is 19.0. The number of aromatic hydroxyl groups is 1. The van der Waals surface area contributed by atoms with E-state index in [-0.39, 0.29) is 11.3 Å². The summed E-state index contributed by atoms with van der Waals surface area (Å²) in [5.41, 5.74) is -0.139. The minimum Gasteiger partial charge on any atom is -0.508 e. The summed E-state index contributed by atoms with van der Waals surface area (Å²) in [5, 5.41) is 47.7. The van der Waals surface area contributed by atoms with Crippen LogP contribution in [0.25, 0.3) is 0 Å². The maximum absolute atomic E-state index is 9.89. The maximum atomic E-state index is 9.89. The Hall–Kier alpha value is -1.22. The van der Waals surface area contributed by atoms with Crippen LogP contribution in [0.15, 0.2) is 24.3 Å². The number of hydrogen-bond donors (Lipinski definition) is 5. The Labute approximate surface area is 127 Å². The molecule has 0 spiro atoms. The van der Waals surface area contributed by atoms with Crippen LogP contribution < -0.4 is 0 Å². The summed E-state index contributed by atoms with van der Waals surface area (Å²) in [7, 11) is 0. The van der Waals surface area contributed by atoms with Crippen molar-refractivity contribution in [2.24, 2.45) is 0 Å². The number of aryl methyl sites for hydroxylation is 1. The van der Waals surface area contributed by atoms with Crippen LogP contribution in [0, 0.1) is 0 Å². The van der Waals surface area contributed by atoms with Gasteiger partial charge < -0.3 is 35.0 Å². The first-order valence-electron chi connectivity index (χ1n) is 8.29. The molecule has 1 fully saturated rings. The predicted molar refractivity (Wildman–Crippen MR) is 71.5 cm³/mol. The molecular weight excluding hydrogens is 280 g/mol. The molecule has 5 atom stereocenters. The van der Waals surface area contributed by atoms with Crippen molar-refractivity contribution < 1.29 is 40.5 Å². The molecule has 0 aliphatic carbocycles. The third kappa shape index (κ3) is 3.91. The van der Waals surface area contributed by atoms with E-state index in [0.717, 1.165) is 0 Å². The van der Waals surface area contributed by atoms with Crippen LogP contribution in [0.2, 0.25) is 0 Å². The molecule has 7 nitrogen and oxygen atoms in total. The van der Waals surface area contributed by atoms with Crippen molar-refractivity contribution in [1.82, 2.24) is 0 Å². The number of benzene rings is 1. The number of phenolic OH excluding ortho intramolecular Hbond substituents is 1. The van der Waals surface area contributed by atoms with Crippen LogP contribution in [0.3, 0.4) is 0 Å². The molecule has 1 aromatic rings. The largest absolute Gasteiger partial charge is 0.508 e. The zero-order valence-electron chi connectivity index (χ0n) is 15.0. The Bertz CT molecular complexity index is 581. The molecule has 0 bridgehead atoms. The Morgan fingerprint density at radius 2 is 1.76 bits per heavy atom. The standard InChI is InChI=1S/C14H20O7/c15-7-10-11(17)12(18)13(19)14(21-10)20-6-5-8-1-3-9(16)4-2-8/h1-4,10-19H,5-7H2/t10?,11-,12?,13-,14+/m1/s1/i5D2,6D2. The zero-order valence-corrected chi connectivity index (χ0v) is 11.0. The van der Waals surface area contributed by atoms with E-state index >= 15 is 0 Å². The van der Waals surface area contributed by atoms with Crippen molar-refractivity contribution in [2.75, 3.05) is 13.2 Å². The van der Waals surface area contributed by atoms with Gasteiger partial charge in [-0.3, -0.25) is 0 Å². The molecular formula is C14H20O7. The highest BCUT2D eigenvalue weighted by Crippen LogP contribution is 2.22. The van der Waals surface area contributed by atoms with Crippen LogP contribution in [-0.4, -0.2) is 69.4 Å². The van der Waals surface area contributed by atoms with E-state index in [1.165, 1.54) is 24.3 Å². The number of aliphatic hydroxyl groups is 4. The smallest absolute Gasteiger partial charge is 0.186 e. The van der Waals surface area contributed by atoms with Crippen molar-refractivity contribution in [1.29, 1.82) is 0 Å². The lowest BCUT2D eigenvalue weighted by molar-refractivity contribution is -0.300. The van der Waals surface area contributed by atoms with Gasteiger partial charge in [0.25, 0.3) is 0 Å². The van der Waals surface area contributed by atoms with Crippen LogP contribution >= 0.6 is 0 Å². The van der Waals surface area contributed by atoms with Crippen molar-refractivity contribution in [2.45, 2.75) is 37.1 Å². The Morgan fingerprint density at radius 3 is 2.38 bits per heavy atom. The van der Waals surface area contributed by atoms with Gasteiger partial charge >= 0.3 is 0 Å². The van der Waals surface area contributed by atoms with Gasteiger partial charge in [-0.15, -0.1) is 0 Å². The predicted octanol–water partition coefficient (Wildman–Crippen LogP) is -1.25. The molecule has 7 heteroatoms. The lowest BCUT2D eigenvalue weighted by atomic mass is 9.99. The fourth-order valence-corrected chi connectivity index (χ4v) is 1.86. The van der Waals surface area contributed by atoms with Crippen LogP contribution in [0.4, 0.5) is 0 Å². The fraction of sp³-hybridized carbons (Fsp3) is 0.571. The van der Waals surface area contributed by atoms with Crippen molar-refractivity contribution in [3.63, 3.8) is 0 Å². The molecule has 1 aliphatic heterocycles. The second-order valence-electron chi connectivity index (χ2n) is 4.59. The van der Waals surface area contributed by atoms with Gasteiger partial charge in [0.1, 0.15) is 30.2 Å². The van der Waals surface area contributed by atoms with E-state index in [9.17, 15) is 20.4 Å². The molecule has 1 aliphatic rings. The Morgan fingerprint density at radius 1 is 1.10 bits per heavy atom. The molecule has 2 rings (SSSR count). The first-order chi connectivity index (χ1) is 11.5. The van der Waals surface area contributed by atoms with Crippen LogP contribution in [0.1, 0.15) is 11.0 Å². The van der Waals surface area contributed by atoms with Crippen molar-refractivity contribution in [3.8, 4) is 5.75 Å². The highest BCUT2D eigenvalue weighted by atomic mass is 16.7. The van der Waals surface area contributed by atoms with Gasteiger partial charge in [-0.05, 0) is 24.1 Å². The molecule has 0 amide bonds. The van der Waals surface area contributed by atoms with Gasteiger partial charge in [0.05, 0.1) is 15.9 Å². The van der Waals surface area contributed by atoms with E-state index < -0.39 is 50.2 Å². The molecule has 1 heterocycles. The minimum atomic E-state index is -3.02. The molecule has 5 N–H and O–H groups in total. The highest BCUT2D eigenvalue weighted by molar-refractivity contribution is 5.25. The lowest BCUT2D eigenvalue weighted by Gasteiger charge is -2.39. The second-order valence-corrected chi connectivity index (χ2v) is 4.59. The van der Waals surface area contributed by atoms with E-state index in [0.29, 0.717) is 0 Å². The average molecular weight is 304 g/mol. The first kappa shape index (κ1) is 11.4. The lowest BCUT2D eigenvalue weighted by Crippen LogP contribution is -2.59. The molecule has 2 unspecified atom stereocenters. The Balaban J connectivity index is 2.22. The molecule has 1 aromatic carbocycles. The average Bonchev–Trinajstić information content (AvgIpc) is 2.55. The van der Waals surface area contributed by atoms with Gasteiger partial charge in [0, 0.05) is 2.74 Å². The van der Waals surface area contributed by atoms with Gasteiger partial charge in [-0.2, -0.15) is 0 Å². The van der Waals surface area contributed by atoms with E-state index in [1.807, 2.05) is 0 Å². The monoisotopic (exact) mass is 304 g/mol. The summed E-state index contributed by atoms with van der Waals surface area (Å²) in [6, 6.07) is 4.70. The molecule has 0 aromatic heterocycles. The highest BCUT2D eigenvalue weighted by Gasteiger charge is 2.43. The van der Waals surface area contributed by atoms with Gasteiger partial charge in [-0.25, -0.2) is 0 Å². The summed E-state index contributed by atoms with van der Waals surface area (Å²) in [6.07, 6.45) is -11.1. The van der Waals surface area contributed by atoms with Crippen LogP contribution in [-0.2, 0) is 15.8 Å². The summed E-state index contributed by atoms with van der Waals surface area (Å²) >= 11 is 0. The SMILES string of the molecule is [2H]C([2H])(O[C@H]1OC(CO)[C@@H](O)C(O)[C@H]1O)C([2H])([2H])c1ccc(O)cc1. The number of rotatable bonds is 5. The Kier molecular flexibility index (Phi) is 3.88. The summed E-state index contributed by atoms with van der Waals surface area (Å²) in [5.74, 6) is -0.130. The van der Waals surface area contributed by atoms with E-state index in [1.54, 1.807) is 0 Å². The second kappa shape index (κ2) is 7.17. The van der Waals surface area contributed by atoms with Gasteiger partial charge in [0.2, 0.25) is 0 Å². The molecule has 0 radical (unpaired) electrons. The van der Waals surface area contributed by atoms with E-state index in [2.05, 4.69) is 0 Å². The normalized spacial score (nSPS) is 37.2. The summed E-state index contributed by atoms with van der Waals surface area (Å²) in [6.45, 7) is -3.74. The number of phenols is 1. The molecule has 21 heavy (non-hydrogen) atoms. The quantitative estimate of drug-likeness (QED) is 0.461. The first-order valence-corrected chi connectivity index (χ1v) is 6.29. The molecule has 118 valence electrons. The van der Waals surface area contributed by atoms with Crippen molar-refractivity contribution >= 4 is 0 Å². The molecule has 0 saturated carbocycles. The van der Waals surface area contributed by atoms with Gasteiger partial charge in [-0.1, -0.05) is 12.1 Å². The van der Waals surface area contributed by atoms with E-state index in [4.69, 9.17) is 20.1 Å². The van der Waals surface area contributed by atoms with Crippen LogP contribution in [0.5, 0.6) is 5.75 Å². The minimum absolute atomic E-state index is 0.130. The fourth-order valence-electron chi connectivity index (χ4n) is 1.86.